The van der Waals surface area contributed by atoms with E-state index in [4.69, 9.17) is 4.74 Å². The Morgan fingerprint density at radius 2 is 2.04 bits per heavy atom. The van der Waals surface area contributed by atoms with E-state index in [1.54, 1.807) is 0 Å². The van der Waals surface area contributed by atoms with E-state index < -0.39 is 0 Å². The third kappa shape index (κ3) is 4.24. The number of ether oxygens (including phenoxy) is 1. The number of nitrogens with zero attached hydrogens (tertiary/aromatic N) is 2. The van der Waals surface area contributed by atoms with Gasteiger partial charge in [-0.3, -0.25) is 9.78 Å². The number of pyridine rings is 1. The van der Waals surface area contributed by atoms with Crippen molar-refractivity contribution in [2.45, 2.75) is 38.5 Å². The fourth-order valence-electron chi connectivity index (χ4n) is 4.37. The molecular formula is C22H28N2O2. The molecule has 1 atom stereocenters. The summed E-state index contributed by atoms with van der Waals surface area (Å²) < 4.78 is 5.41. The van der Waals surface area contributed by atoms with Gasteiger partial charge in [-0.25, -0.2) is 0 Å². The molecule has 0 radical (unpaired) electrons. The standard InChI is InChI=1S/C22H28N2O2/c25-22(15-17-7-11-26-12-8-17)24-10-2-3-19(16-24)13-18-5-6-21-20(14-18)4-1-9-23-21/h1,4-6,9,14,17,19H,2-3,7-8,10-13,15-16H2/t19-/m1/s1. The molecule has 2 aliphatic heterocycles. The molecule has 0 spiro atoms. The van der Waals surface area contributed by atoms with E-state index in [2.05, 4.69) is 34.1 Å². The van der Waals surface area contributed by atoms with E-state index in [1.807, 2.05) is 12.3 Å². The number of benzene rings is 1. The molecule has 0 saturated carbocycles. The number of fused-ring (bicyclic) bond motifs is 1. The summed E-state index contributed by atoms with van der Waals surface area (Å²) in [7, 11) is 0. The average molecular weight is 352 g/mol. The largest absolute Gasteiger partial charge is 0.381 e. The molecule has 0 aliphatic carbocycles. The minimum atomic E-state index is 0.351. The third-order valence-electron chi connectivity index (χ3n) is 5.87. The van der Waals surface area contributed by atoms with E-state index in [-0.39, 0.29) is 0 Å². The SMILES string of the molecule is O=C(CC1CCOCC1)N1CCC[C@H](Cc2ccc3ncccc3c2)C1. The Morgan fingerprint density at radius 1 is 1.15 bits per heavy atom. The lowest BCUT2D eigenvalue weighted by Crippen LogP contribution is -2.41. The number of amides is 1. The second-order valence-corrected chi connectivity index (χ2v) is 7.84. The summed E-state index contributed by atoms with van der Waals surface area (Å²) >= 11 is 0. The maximum absolute atomic E-state index is 12.7. The molecule has 26 heavy (non-hydrogen) atoms. The predicted octanol–water partition coefficient (Wildman–Crippen LogP) is 3.83. The van der Waals surface area contributed by atoms with Crippen LogP contribution in [-0.4, -0.2) is 42.1 Å². The van der Waals surface area contributed by atoms with Crippen LogP contribution in [0.2, 0.25) is 0 Å². The highest BCUT2D eigenvalue weighted by Crippen LogP contribution is 2.25. The zero-order valence-electron chi connectivity index (χ0n) is 15.4. The van der Waals surface area contributed by atoms with Crippen LogP contribution in [0, 0.1) is 11.8 Å². The smallest absolute Gasteiger partial charge is 0.222 e. The van der Waals surface area contributed by atoms with Gasteiger partial charge in [0.05, 0.1) is 5.52 Å². The summed E-state index contributed by atoms with van der Waals surface area (Å²) in [5.41, 5.74) is 2.40. The fraction of sp³-hybridized carbons (Fsp3) is 0.545. The van der Waals surface area contributed by atoms with Crippen LogP contribution < -0.4 is 0 Å². The summed E-state index contributed by atoms with van der Waals surface area (Å²) in [6.45, 7) is 3.47. The van der Waals surface area contributed by atoms with Crippen molar-refractivity contribution < 1.29 is 9.53 Å². The molecule has 4 heteroatoms. The van der Waals surface area contributed by atoms with Gasteiger partial charge in [0.2, 0.25) is 5.91 Å². The maximum Gasteiger partial charge on any atom is 0.222 e. The highest BCUT2D eigenvalue weighted by molar-refractivity contribution is 5.79. The molecule has 1 aromatic carbocycles. The Balaban J connectivity index is 1.35. The number of aromatic nitrogens is 1. The predicted molar refractivity (Wildman–Crippen MR) is 103 cm³/mol. The number of hydrogen-bond donors (Lipinski definition) is 0. The third-order valence-corrected chi connectivity index (χ3v) is 5.87. The van der Waals surface area contributed by atoms with E-state index in [1.165, 1.54) is 17.4 Å². The van der Waals surface area contributed by atoms with Crippen LogP contribution in [0.4, 0.5) is 0 Å². The molecule has 2 aliphatic rings. The van der Waals surface area contributed by atoms with Gasteiger partial charge in [-0.1, -0.05) is 12.1 Å². The number of likely N-dealkylation sites (tertiary alicyclic amines) is 1. The van der Waals surface area contributed by atoms with Crippen molar-refractivity contribution in [2.75, 3.05) is 26.3 Å². The van der Waals surface area contributed by atoms with E-state index in [0.717, 1.165) is 57.5 Å². The molecule has 0 N–H and O–H groups in total. The van der Waals surface area contributed by atoms with Crippen LogP contribution in [0.5, 0.6) is 0 Å². The van der Waals surface area contributed by atoms with Crippen molar-refractivity contribution in [2.24, 2.45) is 11.8 Å². The first-order valence-corrected chi connectivity index (χ1v) is 9.97. The lowest BCUT2D eigenvalue weighted by atomic mass is 9.90. The Labute approximate surface area is 155 Å². The normalized spacial score (nSPS) is 21.8. The second kappa shape index (κ2) is 8.17. The highest BCUT2D eigenvalue weighted by Gasteiger charge is 2.26. The van der Waals surface area contributed by atoms with Crippen LogP contribution in [0.25, 0.3) is 10.9 Å². The van der Waals surface area contributed by atoms with E-state index >= 15 is 0 Å². The van der Waals surface area contributed by atoms with Crippen LogP contribution in [0.3, 0.4) is 0 Å². The molecule has 2 aromatic rings. The number of carbonyl (C=O) groups excluding carboxylic acids is 1. The first-order chi connectivity index (χ1) is 12.8. The molecule has 2 fully saturated rings. The lowest BCUT2D eigenvalue weighted by Gasteiger charge is -2.34. The average Bonchev–Trinajstić information content (AvgIpc) is 2.69. The second-order valence-electron chi connectivity index (χ2n) is 7.84. The van der Waals surface area contributed by atoms with Crippen LogP contribution in [0.1, 0.15) is 37.7 Å². The van der Waals surface area contributed by atoms with Crippen molar-refractivity contribution in [3.63, 3.8) is 0 Å². The van der Waals surface area contributed by atoms with Gasteiger partial charge in [-0.15, -0.1) is 0 Å². The lowest BCUT2D eigenvalue weighted by molar-refractivity contribution is -0.134. The molecule has 4 rings (SSSR count). The highest BCUT2D eigenvalue weighted by atomic mass is 16.5. The Morgan fingerprint density at radius 3 is 2.92 bits per heavy atom. The quantitative estimate of drug-likeness (QED) is 0.840. The Hall–Kier alpha value is -1.94. The van der Waals surface area contributed by atoms with E-state index in [0.29, 0.717) is 24.2 Å². The number of piperidine rings is 1. The van der Waals surface area contributed by atoms with Gasteiger partial charge in [-0.2, -0.15) is 0 Å². The van der Waals surface area contributed by atoms with Gasteiger partial charge >= 0.3 is 0 Å². The van der Waals surface area contributed by atoms with Gasteiger partial charge < -0.3 is 9.64 Å². The first kappa shape index (κ1) is 17.5. The summed E-state index contributed by atoms with van der Waals surface area (Å²) in [6, 6.07) is 10.7. The summed E-state index contributed by atoms with van der Waals surface area (Å²) in [5.74, 6) is 1.44. The summed E-state index contributed by atoms with van der Waals surface area (Å²) in [4.78, 5) is 19.2. The van der Waals surface area contributed by atoms with E-state index in [9.17, 15) is 4.79 Å². The van der Waals surface area contributed by atoms with Gasteiger partial charge in [-0.05, 0) is 67.7 Å². The van der Waals surface area contributed by atoms with Crippen molar-refractivity contribution in [3.8, 4) is 0 Å². The van der Waals surface area contributed by atoms with Crippen molar-refractivity contribution in [1.82, 2.24) is 9.88 Å². The van der Waals surface area contributed by atoms with Gasteiger partial charge in [0.25, 0.3) is 0 Å². The molecule has 138 valence electrons. The number of rotatable bonds is 4. The monoisotopic (exact) mass is 352 g/mol. The molecule has 1 aromatic heterocycles. The van der Waals surface area contributed by atoms with Crippen LogP contribution in [0.15, 0.2) is 36.5 Å². The first-order valence-electron chi connectivity index (χ1n) is 9.97. The van der Waals surface area contributed by atoms with Crippen molar-refractivity contribution in [3.05, 3.63) is 42.1 Å². The van der Waals surface area contributed by atoms with Gasteiger partial charge in [0.15, 0.2) is 0 Å². The van der Waals surface area contributed by atoms with Crippen LogP contribution in [-0.2, 0) is 16.0 Å². The minimum Gasteiger partial charge on any atom is -0.381 e. The molecule has 3 heterocycles. The van der Waals surface area contributed by atoms with Gasteiger partial charge in [0.1, 0.15) is 0 Å². The van der Waals surface area contributed by atoms with Gasteiger partial charge in [0, 0.05) is 44.3 Å². The maximum atomic E-state index is 12.7. The molecule has 4 nitrogen and oxygen atoms in total. The van der Waals surface area contributed by atoms with Crippen LogP contribution >= 0.6 is 0 Å². The minimum absolute atomic E-state index is 0.351. The Kier molecular flexibility index (Phi) is 5.49. The molecular weight excluding hydrogens is 324 g/mol. The molecule has 0 unspecified atom stereocenters. The fourth-order valence-corrected chi connectivity index (χ4v) is 4.37. The Bertz CT molecular complexity index is 755. The molecule has 2 saturated heterocycles. The number of hydrogen-bond acceptors (Lipinski definition) is 3. The summed E-state index contributed by atoms with van der Waals surface area (Å²) in [5, 5.41) is 1.20. The molecule has 0 bridgehead atoms. The zero-order valence-corrected chi connectivity index (χ0v) is 15.4. The summed E-state index contributed by atoms with van der Waals surface area (Å²) in [6.07, 6.45) is 8.00. The zero-order chi connectivity index (χ0) is 17.8. The van der Waals surface area contributed by atoms with Crippen molar-refractivity contribution in [1.29, 1.82) is 0 Å². The number of carbonyl (C=O) groups is 1. The van der Waals surface area contributed by atoms with Crippen molar-refractivity contribution >= 4 is 16.8 Å². The molecule has 1 amide bonds. The topological polar surface area (TPSA) is 42.4 Å².